The Kier molecular flexibility index (Phi) is 3.94. The number of hydrogen-bond acceptors (Lipinski definition) is 2. The molecule has 3 heteroatoms. The highest BCUT2D eigenvalue weighted by atomic mass is 79.9. The molecule has 1 aliphatic carbocycles. The van der Waals surface area contributed by atoms with E-state index in [1.165, 1.54) is 24.0 Å². The summed E-state index contributed by atoms with van der Waals surface area (Å²) in [5.74, 6) is 1.69. The van der Waals surface area contributed by atoms with Crippen LogP contribution in [-0.4, -0.2) is 14.2 Å². The highest BCUT2D eigenvalue weighted by Crippen LogP contribution is 2.61. The number of benzene rings is 2. The van der Waals surface area contributed by atoms with E-state index in [9.17, 15) is 0 Å². The molecule has 0 spiro atoms. The number of halogens is 1. The highest BCUT2D eigenvalue weighted by molar-refractivity contribution is 9.09. The Morgan fingerprint density at radius 2 is 1.71 bits per heavy atom. The lowest BCUT2D eigenvalue weighted by Crippen LogP contribution is -2.14. The standard InChI is InChI=1S/C18H19BrO2/c1-20-14-8-9-15(16(12-14)21-2)17(19)18(10-11-18)13-6-4-3-5-7-13/h3-9,12,17H,10-11H2,1-2H3. The average Bonchev–Trinajstić information content (AvgIpc) is 3.36. The summed E-state index contributed by atoms with van der Waals surface area (Å²) in [5.41, 5.74) is 2.76. The smallest absolute Gasteiger partial charge is 0.126 e. The molecule has 0 aromatic heterocycles. The second-order valence-corrected chi connectivity index (χ2v) is 6.41. The van der Waals surface area contributed by atoms with Gasteiger partial charge in [0.2, 0.25) is 0 Å². The van der Waals surface area contributed by atoms with E-state index in [-0.39, 0.29) is 10.2 Å². The van der Waals surface area contributed by atoms with Gasteiger partial charge in [0.1, 0.15) is 11.5 Å². The normalized spacial score (nSPS) is 17.1. The summed E-state index contributed by atoms with van der Waals surface area (Å²) in [6, 6.07) is 16.8. The predicted molar refractivity (Wildman–Crippen MR) is 88.6 cm³/mol. The largest absolute Gasteiger partial charge is 0.497 e. The van der Waals surface area contributed by atoms with Crippen molar-refractivity contribution in [2.24, 2.45) is 0 Å². The molecule has 1 aliphatic rings. The van der Waals surface area contributed by atoms with Crippen molar-refractivity contribution in [3.05, 3.63) is 59.7 Å². The molecule has 21 heavy (non-hydrogen) atoms. The molecule has 2 aromatic carbocycles. The van der Waals surface area contributed by atoms with Crippen LogP contribution in [0.3, 0.4) is 0 Å². The second kappa shape index (κ2) is 5.72. The summed E-state index contributed by atoms with van der Waals surface area (Å²) in [7, 11) is 3.38. The molecular weight excluding hydrogens is 328 g/mol. The van der Waals surface area contributed by atoms with E-state index in [0.717, 1.165) is 11.5 Å². The monoisotopic (exact) mass is 346 g/mol. The van der Waals surface area contributed by atoms with Gasteiger partial charge in [0, 0.05) is 17.0 Å². The van der Waals surface area contributed by atoms with Gasteiger partial charge in [0.05, 0.1) is 19.0 Å². The van der Waals surface area contributed by atoms with Crippen LogP contribution < -0.4 is 9.47 Å². The van der Waals surface area contributed by atoms with Crippen molar-refractivity contribution < 1.29 is 9.47 Å². The molecule has 1 fully saturated rings. The summed E-state index contributed by atoms with van der Waals surface area (Å²) < 4.78 is 10.8. The van der Waals surface area contributed by atoms with Crippen molar-refractivity contribution in [3.63, 3.8) is 0 Å². The SMILES string of the molecule is COc1ccc(C(Br)C2(c3ccccc3)CC2)c(OC)c1. The number of hydrogen-bond donors (Lipinski definition) is 0. The first-order valence-electron chi connectivity index (χ1n) is 7.13. The van der Waals surface area contributed by atoms with E-state index in [1.54, 1.807) is 14.2 Å². The van der Waals surface area contributed by atoms with Gasteiger partial charge in [-0.05, 0) is 24.5 Å². The maximum Gasteiger partial charge on any atom is 0.126 e. The Morgan fingerprint density at radius 1 is 1.00 bits per heavy atom. The molecule has 2 aromatic rings. The second-order valence-electron chi connectivity index (χ2n) is 5.49. The van der Waals surface area contributed by atoms with E-state index < -0.39 is 0 Å². The Balaban J connectivity index is 1.97. The maximum atomic E-state index is 5.56. The van der Waals surface area contributed by atoms with Crippen LogP contribution in [0.5, 0.6) is 11.5 Å². The zero-order chi connectivity index (χ0) is 14.9. The molecule has 0 saturated heterocycles. The minimum Gasteiger partial charge on any atom is -0.497 e. The number of rotatable bonds is 5. The first-order chi connectivity index (χ1) is 10.2. The summed E-state index contributed by atoms with van der Waals surface area (Å²) in [6.07, 6.45) is 2.39. The van der Waals surface area contributed by atoms with Crippen LogP contribution in [0.25, 0.3) is 0 Å². The number of alkyl halides is 1. The Morgan fingerprint density at radius 3 is 2.29 bits per heavy atom. The van der Waals surface area contributed by atoms with Crippen LogP contribution in [0, 0.1) is 0 Å². The third kappa shape index (κ3) is 2.55. The average molecular weight is 347 g/mol. The topological polar surface area (TPSA) is 18.5 Å². The van der Waals surface area contributed by atoms with Gasteiger partial charge in [-0.15, -0.1) is 0 Å². The van der Waals surface area contributed by atoms with Gasteiger partial charge in [-0.25, -0.2) is 0 Å². The molecule has 1 saturated carbocycles. The van der Waals surface area contributed by atoms with E-state index in [2.05, 4.69) is 52.3 Å². The van der Waals surface area contributed by atoms with Gasteiger partial charge in [-0.1, -0.05) is 52.3 Å². The summed E-state index contributed by atoms with van der Waals surface area (Å²) in [6.45, 7) is 0. The quantitative estimate of drug-likeness (QED) is 0.719. The molecule has 1 unspecified atom stereocenters. The molecule has 1 atom stereocenters. The minimum absolute atomic E-state index is 0.184. The fourth-order valence-corrected chi connectivity index (χ4v) is 4.02. The molecular formula is C18H19BrO2. The Hall–Kier alpha value is -1.48. The number of methoxy groups -OCH3 is 2. The fourth-order valence-electron chi connectivity index (χ4n) is 2.92. The van der Waals surface area contributed by atoms with Gasteiger partial charge in [0.25, 0.3) is 0 Å². The molecule has 0 heterocycles. The predicted octanol–water partition coefficient (Wildman–Crippen LogP) is 4.87. The van der Waals surface area contributed by atoms with Crippen molar-refractivity contribution in [3.8, 4) is 11.5 Å². The molecule has 3 rings (SSSR count). The first-order valence-corrected chi connectivity index (χ1v) is 8.04. The minimum atomic E-state index is 0.184. The van der Waals surface area contributed by atoms with Crippen molar-refractivity contribution in [1.29, 1.82) is 0 Å². The van der Waals surface area contributed by atoms with Crippen LogP contribution >= 0.6 is 15.9 Å². The van der Waals surface area contributed by atoms with Crippen LogP contribution in [0.1, 0.15) is 28.8 Å². The van der Waals surface area contributed by atoms with E-state index in [1.807, 2.05) is 12.1 Å². The van der Waals surface area contributed by atoms with Crippen LogP contribution in [-0.2, 0) is 5.41 Å². The zero-order valence-electron chi connectivity index (χ0n) is 12.3. The van der Waals surface area contributed by atoms with Crippen molar-refractivity contribution >= 4 is 15.9 Å². The van der Waals surface area contributed by atoms with E-state index in [0.29, 0.717) is 0 Å². The molecule has 2 nitrogen and oxygen atoms in total. The van der Waals surface area contributed by atoms with Crippen molar-refractivity contribution in [2.75, 3.05) is 14.2 Å². The lowest BCUT2D eigenvalue weighted by Gasteiger charge is -2.24. The molecule has 0 bridgehead atoms. The Labute approximate surface area is 134 Å². The third-order valence-corrected chi connectivity index (χ3v) is 5.71. The number of ether oxygens (including phenoxy) is 2. The summed E-state index contributed by atoms with van der Waals surface area (Å²) in [5, 5.41) is 0. The van der Waals surface area contributed by atoms with Gasteiger partial charge < -0.3 is 9.47 Å². The van der Waals surface area contributed by atoms with Crippen LogP contribution in [0.2, 0.25) is 0 Å². The van der Waals surface area contributed by atoms with E-state index >= 15 is 0 Å². The lowest BCUT2D eigenvalue weighted by atomic mass is 9.88. The van der Waals surface area contributed by atoms with Gasteiger partial charge in [-0.3, -0.25) is 0 Å². The Bertz CT molecular complexity index is 620. The lowest BCUT2D eigenvalue weighted by molar-refractivity contribution is 0.389. The third-order valence-electron chi connectivity index (χ3n) is 4.34. The van der Waals surface area contributed by atoms with Crippen LogP contribution in [0.15, 0.2) is 48.5 Å². The highest BCUT2D eigenvalue weighted by Gasteiger charge is 2.50. The summed E-state index contributed by atoms with van der Waals surface area (Å²) in [4.78, 5) is 0.244. The first kappa shape index (κ1) is 14.5. The van der Waals surface area contributed by atoms with Gasteiger partial charge >= 0.3 is 0 Å². The fraction of sp³-hybridized carbons (Fsp3) is 0.333. The van der Waals surface area contributed by atoms with Crippen LogP contribution in [0.4, 0.5) is 0 Å². The van der Waals surface area contributed by atoms with Crippen molar-refractivity contribution in [2.45, 2.75) is 23.1 Å². The molecule has 0 amide bonds. The maximum absolute atomic E-state index is 5.56. The molecule has 0 radical (unpaired) electrons. The van der Waals surface area contributed by atoms with Crippen molar-refractivity contribution in [1.82, 2.24) is 0 Å². The zero-order valence-corrected chi connectivity index (χ0v) is 13.9. The van der Waals surface area contributed by atoms with Gasteiger partial charge in [-0.2, -0.15) is 0 Å². The van der Waals surface area contributed by atoms with E-state index in [4.69, 9.17) is 9.47 Å². The van der Waals surface area contributed by atoms with Gasteiger partial charge in [0.15, 0.2) is 0 Å². The molecule has 110 valence electrons. The molecule has 0 aliphatic heterocycles. The summed E-state index contributed by atoms with van der Waals surface area (Å²) >= 11 is 3.92. The molecule has 0 N–H and O–H groups in total.